The van der Waals surface area contributed by atoms with Gasteiger partial charge in [0, 0.05) is 12.7 Å². The second-order valence-electron chi connectivity index (χ2n) is 3.40. The average Bonchev–Trinajstić information content (AvgIpc) is 2.20. The smallest absolute Gasteiger partial charge is 0.0659 e. The molecule has 0 fully saturated rings. The first-order valence-electron chi connectivity index (χ1n) is 4.69. The van der Waals surface area contributed by atoms with Crippen LogP contribution < -0.4 is 5.32 Å². The monoisotopic (exact) mass is 174 g/mol. The lowest BCUT2D eigenvalue weighted by Crippen LogP contribution is -2.20. The third-order valence-electron chi connectivity index (χ3n) is 2.30. The van der Waals surface area contributed by atoms with Crippen LogP contribution in [0.2, 0.25) is 0 Å². The Morgan fingerprint density at radius 1 is 1.38 bits per heavy atom. The lowest BCUT2D eigenvalue weighted by Gasteiger charge is -2.13. The Morgan fingerprint density at radius 2 is 2.31 bits per heavy atom. The van der Waals surface area contributed by atoms with Crippen LogP contribution in [0.1, 0.15) is 17.7 Å². The summed E-state index contributed by atoms with van der Waals surface area (Å²) >= 11 is 0. The van der Waals surface area contributed by atoms with Crippen molar-refractivity contribution in [2.45, 2.75) is 13.3 Å². The van der Waals surface area contributed by atoms with E-state index in [0.717, 1.165) is 25.2 Å². The Labute approximate surface area is 78.7 Å². The Hall–Kier alpha value is -1.15. The molecule has 0 aromatic carbocycles. The van der Waals surface area contributed by atoms with Crippen molar-refractivity contribution in [3.8, 4) is 0 Å². The third-order valence-corrected chi connectivity index (χ3v) is 2.30. The van der Waals surface area contributed by atoms with Crippen molar-refractivity contribution in [3.05, 3.63) is 35.7 Å². The number of pyridine rings is 1. The summed E-state index contributed by atoms with van der Waals surface area (Å²) in [4.78, 5) is 4.41. The van der Waals surface area contributed by atoms with Gasteiger partial charge in [-0.15, -0.1) is 0 Å². The SMILES string of the molecule is Cc1ccc(C2=CCNCC2)nc1. The van der Waals surface area contributed by atoms with Gasteiger partial charge in [0.05, 0.1) is 5.69 Å². The molecular weight excluding hydrogens is 160 g/mol. The predicted molar refractivity (Wildman–Crippen MR) is 54.4 cm³/mol. The van der Waals surface area contributed by atoms with Crippen LogP contribution >= 0.6 is 0 Å². The summed E-state index contributed by atoms with van der Waals surface area (Å²) in [5.74, 6) is 0. The average molecular weight is 174 g/mol. The highest BCUT2D eigenvalue weighted by Gasteiger charge is 2.05. The summed E-state index contributed by atoms with van der Waals surface area (Å²) < 4.78 is 0. The van der Waals surface area contributed by atoms with Crippen LogP contribution in [0.15, 0.2) is 24.4 Å². The molecule has 1 N–H and O–H groups in total. The molecule has 0 atom stereocenters. The van der Waals surface area contributed by atoms with Crippen LogP contribution in [0.5, 0.6) is 0 Å². The van der Waals surface area contributed by atoms with Gasteiger partial charge in [-0.1, -0.05) is 12.1 Å². The Bertz CT molecular complexity index is 311. The zero-order valence-electron chi connectivity index (χ0n) is 7.88. The molecule has 0 aliphatic carbocycles. The number of hydrogen-bond donors (Lipinski definition) is 1. The van der Waals surface area contributed by atoms with Gasteiger partial charge in [0.2, 0.25) is 0 Å². The van der Waals surface area contributed by atoms with Crippen molar-refractivity contribution in [2.24, 2.45) is 0 Å². The molecule has 0 radical (unpaired) electrons. The minimum Gasteiger partial charge on any atom is -0.313 e. The van der Waals surface area contributed by atoms with Crippen LogP contribution in [0.25, 0.3) is 5.57 Å². The lowest BCUT2D eigenvalue weighted by atomic mass is 10.1. The Morgan fingerprint density at radius 3 is 2.92 bits per heavy atom. The number of nitrogens with zero attached hydrogens (tertiary/aromatic N) is 1. The van der Waals surface area contributed by atoms with Crippen LogP contribution in [-0.2, 0) is 0 Å². The fourth-order valence-corrected chi connectivity index (χ4v) is 1.51. The Kier molecular flexibility index (Phi) is 2.41. The summed E-state index contributed by atoms with van der Waals surface area (Å²) in [7, 11) is 0. The molecule has 1 aromatic heterocycles. The van der Waals surface area contributed by atoms with E-state index in [-0.39, 0.29) is 0 Å². The van der Waals surface area contributed by atoms with E-state index in [1.54, 1.807) is 0 Å². The number of aromatic nitrogens is 1. The molecule has 0 saturated carbocycles. The minimum atomic E-state index is 0.977. The highest BCUT2D eigenvalue weighted by atomic mass is 14.9. The largest absolute Gasteiger partial charge is 0.313 e. The molecule has 1 aliphatic rings. The molecule has 68 valence electrons. The van der Waals surface area contributed by atoms with E-state index in [4.69, 9.17) is 0 Å². The topological polar surface area (TPSA) is 24.9 Å². The van der Waals surface area contributed by atoms with E-state index >= 15 is 0 Å². The number of nitrogens with one attached hydrogen (secondary N) is 1. The van der Waals surface area contributed by atoms with E-state index < -0.39 is 0 Å². The van der Waals surface area contributed by atoms with Crippen molar-refractivity contribution in [1.82, 2.24) is 10.3 Å². The molecule has 0 unspecified atom stereocenters. The normalized spacial score (nSPS) is 16.8. The summed E-state index contributed by atoms with van der Waals surface area (Å²) in [5.41, 5.74) is 3.73. The quantitative estimate of drug-likeness (QED) is 0.701. The molecule has 13 heavy (non-hydrogen) atoms. The lowest BCUT2D eigenvalue weighted by molar-refractivity contribution is 0.737. The van der Waals surface area contributed by atoms with Crippen LogP contribution in [-0.4, -0.2) is 18.1 Å². The number of rotatable bonds is 1. The molecule has 0 saturated heterocycles. The van der Waals surface area contributed by atoms with Gasteiger partial charge in [-0.25, -0.2) is 0 Å². The van der Waals surface area contributed by atoms with E-state index in [0.29, 0.717) is 0 Å². The van der Waals surface area contributed by atoms with Gasteiger partial charge in [-0.3, -0.25) is 4.98 Å². The summed E-state index contributed by atoms with van der Waals surface area (Å²) in [6.07, 6.45) is 5.25. The fraction of sp³-hybridized carbons (Fsp3) is 0.364. The van der Waals surface area contributed by atoms with Crippen LogP contribution in [0.3, 0.4) is 0 Å². The van der Waals surface area contributed by atoms with E-state index in [1.165, 1.54) is 11.1 Å². The van der Waals surface area contributed by atoms with Crippen LogP contribution in [0, 0.1) is 6.92 Å². The van der Waals surface area contributed by atoms with Crippen molar-refractivity contribution in [3.63, 3.8) is 0 Å². The first-order chi connectivity index (χ1) is 6.36. The van der Waals surface area contributed by atoms with E-state index in [1.807, 2.05) is 6.20 Å². The summed E-state index contributed by atoms with van der Waals surface area (Å²) in [6.45, 7) is 4.11. The number of hydrogen-bond acceptors (Lipinski definition) is 2. The molecule has 0 spiro atoms. The molecule has 0 amide bonds. The fourth-order valence-electron chi connectivity index (χ4n) is 1.51. The molecule has 2 rings (SSSR count). The molecule has 1 aliphatic heterocycles. The van der Waals surface area contributed by atoms with Crippen molar-refractivity contribution < 1.29 is 0 Å². The minimum absolute atomic E-state index is 0.977. The summed E-state index contributed by atoms with van der Waals surface area (Å²) in [5, 5.41) is 3.29. The maximum Gasteiger partial charge on any atom is 0.0659 e. The molecule has 1 aromatic rings. The van der Waals surface area contributed by atoms with Gasteiger partial charge >= 0.3 is 0 Å². The maximum atomic E-state index is 4.41. The maximum absolute atomic E-state index is 4.41. The Balaban J connectivity index is 2.24. The number of aryl methyl sites for hydroxylation is 1. The second kappa shape index (κ2) is 3.71. The molecule has 2 heteroatoms. The van der Waals surface area contributed by atoms with E-state index in [9.17, 15) is 0 Å². The molecule has 2 heterocycles. The van der Waals surface area contributed by atoms with Gasteiger partial charge in [0.15, 0.2) is 0 Å². The first-order valence-corrected chi connectivity index (χ1v) is 4.69. The third kappa shape index (κ3) is 1.95. The van der Waals surface area contributed by atoms with Crippen LogP contribution in [0.4, 0.5) is 0 Å². The van der Waals surface area contributed by atoms with Crippen molar-refractivity contribution in [1.29, 1.82) is 0 Å². The van der Waals surface area contributed by atoms with Crippen molar-refractivity contribution >= 4 is 5.57 Å². The molecular formula is C11H14N2. The predicted octanol–water partition coefficient (Wildman–Crippen LogP) is 1.77. The van der Waals surface area contributed by atoms with Gasteiger partial charge in [0.1, 0.15) is 0 Å². The van der Waals surface area contributed by atoms with Gasteiger partial charge < -0.3 is 5.32 Å². The molecule has 2 nitrogen and oxygen atoms in total. The first kappa shape index (κ1) is 8.45. The zero-order chi connectivity index (χ0) is 9.10. The standard InChI is InChI=1S/C11H14N2/c1-9-2-3-11(13-8-9)10-4-6-12-7-5-10/h2-4,8,12H,5-7H2,1H3. The second-order valence-corrected chi connectivity index (χ2v) is 3.40. The van der Waals surface area contributed by atoms with Gasteiger partial charge in [-0.05, 0) is 37.1 Å². The zero-order valence-corrected chi connectivity index (χ0v) is 7.88. The molecule has 0 bridgehead atoms. The summed E-state index contributed by atoms with van der Waals surface area (Å²) in [6, 6.07) is 4.22. The van der Waals surface area contributed by atoms with Gasteiger partial charge in [0.25, 0.3) is 0 Å². The van der Waals surface area contributed by atoms with Gasteiger partial charge in [-0.2, -0.15) is 0 Å². The highest BCUT2D eigenvalue weighted by molar-refractivity contribution is 5.63. The highest BCUT2D eigenvalue weighted by Crippen LogP contribution is 2.17. The van der Waals surface area contributed by atoms with E-state index in [2.05, 4.69) is 35.4 Å². The van der Waals surface area contributed by atoms with Crippen molar-refractivity contribution in [2.75, 3.05) is 13.1 Å².